The highest BCUT2D eigenvalue weighted by Gasteiger charge is 2.34. The quantitative estimate of drug-likeness (QED) is 0.846. The van der Waals surface area contributed by atoms with Crippen molar-refractivity contribution in [3.8, 4) is 0 Å². The second kappa shape index (κ2) is 5.11. The molecule has 0 bridgehead atoms. The van der Waals surface area contributed by atoms with Crippen LogP contribution in [0.2, 0.25) is 0 Å². The van der Waals surface area contributed by atoms with Crippen LogP contribution < -0.4 is 0 Å². The number of nitrogens with one attached hydrogen (secondary N) is 1. The maximum absolute atomic E-state index is 12.4. The van der Waals surface area contributed by atoms with Gasteiger partial charge >= 0.3 is 5.97 Å². The minimum atomic E-state index is -3.67. The number of H-pyrrole nitrogens is 1. The average Bonchev–Trinajstić information content (AvgIpc) is 2.67. The van der Waals surface area contributed by atoms with E-state index in [-0.39, 0.29) is 17.9 Å². The second-order valence-electron chi connectivity index (χ2n) is 4.94. The number of aromatic nitrogens is 1. The SMILES string of the molecule is CC(C)(C)N(CCC(=O)O)S(=O)(=O)c1cc[nH]c1. The van der Waals surface area contributed by atoms with E-state index in [2.05, 4.69) is 4.98 Å². The number of hydrogen-bond donors (Lipinski definition) is 2. The van der Waals surface area contributed by atoms with Crippen molar-refractivity contribution < 1.29 is 18.3 Å². The first-order valence-corrected chi connectivity index (χ1v) is 6.97. The van der Waals surface area contributed by atoms with E-state index in [1.165, 1.54) is 22.8 Å². The standard InChI is InChI=1S/C11H18N2O4S/c1-11(2,3)13(7-5-10(14)15)18(16,17)9-4-6-12-8-9/h4,6,8,12H,5,7H2,1-3H3,(H,14,15). The monoisotopic (exact) mass is 274 g/mol. The fourth-order valence-corrected chi connectivity index (χ4v) is 3.37. The molecule has 0 aliphatic rings. The summed E-state index contributed by atoms with van der Waals surface area (Å²) >= 11 is 0. The lowest BCUT2D eigenvalue weighted by Gasteiger charge is -2.33. The van der Waals surface area contributed by atoms with Gasteiger partial charge in [0.1, 0.15) is 0 Å². The van der Waals surface area contributed by atoms with Crippen LogP contribution in [-0.4, -0.2) is 40.9 Å². The summed E-state index contributed by atoms with van der Waals surface area (Å²) < 4.78 is 25.9. The molecule has 1 aromatic rings. The van der Waals surface area contributed by atoms with E-state index >= 15 is 0 Å². The third-order valence-corrected chi connectivity index (χ3v) is 4.59. The Morgan fingerprint density at radius 1 is 1.44 bits per heavy atom. The first-order chi connectivity index (χ1) is 8.15. The van der Waals surface area contributed by atoms with Gasteiger partial charge < -0.3 is 10.1 Å². The molecule has 102 valence electrons. The Balaban J connectivity index is 3.08. The number of carboxylic acid groups (broad SMARTS) is 1. The molecule has 0 atom stereocenters. The summed E-state index contributed by atoms with van der Waals surface area (Å²) in [6.45, 7) is 5.16. The van der Waals surface area contributed by atoms with Crippen molar-refractivity contribution in [3.05, 3.63) is 18.5 Å². The molecule has 0 aromatic carbocycles. The molecule has 0 fully saturated rings. The lowest BCUT2D eigenvalue weighted by molar-refractivity contribution is -0.137. The van der Waals surface area contributed by atoms with Gasteiger partial charge in [-0.15, -0.1) is 0 Å². The van der Waals surface area contributed by atoms with Gasteiger partial charge in [0.2, 0.25) is 10.0 Å². The van der Waals surface area contributed by atoms with E-state index in [1.54, 1.807) is 20.8 Å². The second-order valence-corrected chi connectivity index (χ2v) is 6.80. The van der Waals surface area contributed by atoms with Gasteiger partial charge in [-0.25, -0.2) is 8.42 Å². The number of hydrogen-bond acceptors (Lipinski definition) is 3. The fourth-order valence-electron chi connectivity index (χ4n) is 1.61. The molecule has 1 rings (SSSR count). The number of carbonyl (C=O) groups is 1. The zero-order chi connectivity index (χ0) is 14.0. The molecule has 18 heavy (non-hydrogen) atoms. The maximum Gasteiger partial charge on any atom is 0.304 e. The third kappa shape index (κ3) is 3.33. The Kier molecular flexibility index (Phi) is 4.18. The van der Waals surface area contributed by atoms with Crippen molar-refractivity contribution in [2.24, 2.45) is 0 Å². The van der Waals surface area contributed by atoms with Crippen LogP contribution in [0.25, 0.3) is 0 Å². The summed E-state index contributed by atoms with van der Waals surface area (Å²) in [6, 6.07) is 1.45. The van der Waals surface area contributed by atoms with Crippen LogP contribution in [0.4, 0.5) is 0 Å². The third-order valence-electron chi connectivity index (χ3n) is 2.43. The molecule has 1 heterocycles. The van der Waals surface area contributed by atoms with Crippen molar-refractivity contribution in [2.75, 3.05) is 6.54 Å². The smallest absolute Gasteiger partial charge is 0.304 e. The molecule has 1 aromatic heterocycles. The minimum absolute atomic E-state index is 0.0493. The number of sulfonamides is 1. The van der Waals surface area contributed by atoms with Crippen molar-refractivity contribution in [1.82, 2.24) is 9.29 Å². The molecule has 0 radical (unpaired) electrons. The highest BCUT2D eigenvalue weighted by Crippen LogP contribution is 2.24. The van der Waals surface area contributed by atoms with Gasteiger partial charge in [0.05, 0.1) is 11.3 Å². The zero-order valence-electron chi connectivity index (χ0n) is 10.7. The molecular formula is C11H18N2O4S. The molecule has 0 saturated heterocycles. The summed E-state index contributed by atoms with van der Waals surface area (Å²) in [5.74, 6) is -1.02. The van der Waals surface area contributed by atoms with Gasteiger partial charge in [0.15, 0.2) is 0 Å². The molecule has 0 aliphatic carbocycles. The predicted molar refractivity (Wildman–Crippen MR) is 66.7 cm³/mol. The predicted octanol–water partition coefficient (Wildman–Crippen LogP) is 1.28. The Morgan fingerprint density at radius 3 is 2.44 bits per heavy atom. The molecule has 0 spiro atoms. The van der Waals surface area contributed by atoms with Gasteiger partial charge in [-0.1, -0.05) is 0 Å². The number of nitrogens with zero attached hydrogens (tertiary/aromatic N) is 1. The van der Waals surface area contributed by atoms with Gasteiger partial charge in [0, 0.05) is 24.5 Å². The van der Waals surface area contributed by atoms with E-state index < -0.39 is 21.5 Å². The van der Waals surface area contributed by atoms with Crippen LogP contribution in [0.15, 0.2) is 23.4 Å². The maximum atomic E-state index is 12.4. The molecule has 0 unspecified atom stereocenters. The number of aliphatic carboxylic acids is 1. The minimum Gasteiger partial charge on any atom is -0.481 e. The van der Waals surface area contributed by atoms with Crippen LogP contribution in [-0.2, 0) is 14.8 Å². The van der Waals surface area contributed by atoms with Gasteiger partial charge in [-0.05, 0) is 26.8 Å². The largest absolute Gasteiger partial charge is 0.481 e. The number of aromatic amines is 1. The number of carboxylic acids is 1. The van der Waals surface area contributed by atoms with Crippen LogP contribution in [0.3, 0.4) is 0 Å². The molecule has 2 N–H and O–H groups in total. The van der Waals surface area contributed by atoms with Gasteiger partial charge in [-0.3, -0.25) is 4.79 Å². The summed E-state index contributed by atoms with van der Waals surface area (Å²) in [7, 11) is -3.67. The first-order valence-electron chi connectivity index (χ1n) is 5.53. The highest BCUT2D eigenvalue weighted by molar-refractivity contribution is 7.89. The topological polar surface area (TPSA) is 90.5 Å². The fraction of sp³-hybridized carbons (Fsp3) is 0.545. The van der Waals surface area contributed by atoms with Crippen LogP contribution in [0.5, 0.6) is 0 Å². The van der Waals surface area contributed by atoms with Crippen molar-refractivity contribution in [2.45, 2.75) is 37.6 Å². The molecule has 6 nitrogen and oxygen atoms in total. The van der Waals surface area contributed by atoms with E-state index in [0.717, 1.165) is 0 Å². The normalized spacial score (nSPS) is 12.9. The van der Waals surface area contributed by atoms with Crippen LogP contribution >= 0.6 is 0 Å². The summed E-state index contributed by atoms with van der Waals surface area (Å²) in [6.07, 6.45) is 2.68. The average molecular weight is 274 g/mol. The lowest BCUT2D eigenvalue weighted by Crippen LogP contribution is -2.46. The molecular weight excluding hydrogens is 256 g/mol. The van der Waals surface area contributed by atoms with Gasteiger partial charge in [-0.2, -0.15) is 4.31 Å². The lowest BCUT2D eigenvalue weighted by atomic mass is 10.1. The van der Waals surface area contributed by atoms with Gasteiger partial charge in [0.25, 0.3) is 0 Å². The summed E-state index contributed by atoms with van der Waals surface area (Å²) in [5.41, 5.74) is -0.675. The molecule has 0 saturated carbocycles. The van der Waals surface area contributed by atoms with Crippen molar-refractivity contribution >= 4 is 16.0 Å². The number of rotatable bonds is 5. The summed E-state index contributed by atoms with van der Waals surface area (Å²) in [4.78, 5) is 13.4. The Morgan fingerprint density at radius 2 is 2.06 bits per heavy atom. The molecule has 0 aliphatic heterocycles. The Labute approximate surface area is 107 Å². The molecule has 7 heteroatoms. The van der Waals surface area contributed by atoms with E-state index in [0.29, 0.717) is 0 Å². The van der Waals surface area contributed by atoms with E-state index in [4.69, 9.17) is 5.11 Å². The van der Waals surface area contributed by atoms with Crippen molar-refractivity contribution in [1.29, 1.82) is 0 Å². The zero-order valence-corrected chi connectivity index (χ0v) is 11.5. The summed E-state index contributed by atoms with van der Waals surface area (Å²) in [5, 5.41) is 8.70. The Hall–Kier alpha value is -1.34. The van der Waals surface area contributed by atoms with Crippen molar-refractivity contribution in [3.63, 3.8) is 0 Å². The van der Waals surface area contributed by atoms with E-state index in [9.17, 15) is 13.2 Å². The van der Waals surface area contributed by atoms with Crippen LogP contribution in [0, 0.1) is 0 Å². The highest BCUT2D eigenvalue weighted by atomic mass is 32.2. The Bertz CT molecular complexity index is 500. The first kappa shape index (κ1) is 14.7. The molecule has 0 amide bonds. The van der Waals surface area contributed by atoms with Crippen LogP contribution in [0.1, 0.15) is 27.2 Å². The van der Waals surface area contributed by atoms with E-state index in [1.807, 2.05) is 0 Å².